The zero-order valence-electron chi connectivity index (χ0n) is 20.2. The summed E-state index contributed by atoms with van der Waals surface area (Å²) >= 11 is 0. The first-order valence-corrected chi connectivity index (χ1v) is 13.9. The average molecular weight is 500 g/mol. The lowest BCUT2D eigenvalue weighted by Crippen LogP contribution is -2.40. The van der Waals surface area contributed by atoms with Crippen LogP contribution in [0.15, 0.2) is 41.3 Å². The molecule has 2 aromatic carbocycles. The molecule has 3 aliphatic heterocycles. The molecule has 35 heavy (non-hydrogen) atoms. The van der Waals surface area contributed by atoms with Crippen molar-refractivity contribution in [1.29, 1.82) is 0 Å². The van der Waals surface area contributed by atoms with E-state index in [9.17, 15) is 13.2 Å². The first kappa shape index (κ1) is 24.1. The molecular formula is C26H33N3O5S. The number of hydrogen-bond acceptors (Lipinski definition) is 6. The fourth-order valence-corrected chi connectivity index (χ4v) is 6.78. The third-order valence-electron chi connectivity index (χ3n) is 7.15. The number of sulfonamides is 1. The van der Waals surface area contributed by atoms with Gasteiger partial charge in [-0.25, -0.2) is 8.42 Å². The fourth-order valence-electron chi connectivity index (χ4n) is 5.24. The van der Waals surface area contributed by atoms with Crippen LogP contribution in [0.5, 0.6) is 5.75 Å². The molecule has 0 unspecified atom stereocenters. The highest BCUT2D eigenvalue weighted by Gasteiger charge is 2.31. The fraction of sp³-hybridized carbons (Fsp3) is 0.500. The Morgan fingerprint density at radius 1 is 0.886 bits per heavy atom. The molecule has 0 aliphatic carbocycles. The molecule has 188 valence electrons. The summed E-state index contributed by atoms with van der Waals surface area (Å²) in [6, 6.07) is 10.8. The minimum absolute atomic E-state index is 0.173. The van der Waals surface area contributed by atoms with Crippen LogP contribution >= 0.6 is 0 Å². The van der Waals surface area contributed by atoms with Gasteiger partial charge in [0, 0.05) is 44.1 Å². The summed E-state index contributed by atoms with van der Waals surface area (Å²) in [6.07, 6.45) is 4.49. The summed E-state index contributed by atoms with van der Waals surface area (Å²) in [5, 5.41) is 0. The number of piperidine rings is 1. The van der Waals surface area contributed by atoms with Gasteiger partial charge in [0.05, 0.1) is 30.8 Å². The zero-order valence-corrected chi connectivity index (χ0v) is 21.1. The molecule has 0 N–H and O–H groups in total. The number of amides is 1. The Hall–Kier alpha value is -2.62. The molecule has 8 nitrogen and oxygen atoms in total. The normalized spacial score (nSPS) is 19.3. The SMILES string of the molecule is COc1ccc2c(c1)CCCN2C(=O)c1cc(S(=O)(=O)N2CCCCC2)ccc1N1CCOCC1. The van der Waals surface area contributed by atoms with Gasteiger partial charge in [0.2, 0.25) is 10.0 Å². The number of morpholine rings is 1. The van der Waals surface area contributed by atoms with Gasteiger partial charge in [-0.15, -0.1) is 0 Å². The maximum atomic E-state index is 14.1. The predicted octanol–water partition coefficient (Wildman–Crippen LogP) is 3.30. The van der Waals surface area contributed by atoms with Gasteiger partial charge >= 0.3 is 0 Å². The van der Waals surface area contributed by atoms with Gasteiger partial charge < -0.3 is 19.3 Å². The molecule has 3 aliphatic rings. The third kappa shape index (κ3) is 4.77. The van der Waals surface area contributed by atoms with E-state index < -0.39 is 10.0 Å². The van der Waals surface area contributed by atoms with E-state index in [2.05, 4.69) is 4.90 Å². The van der Waals surface area contributed by atoms with E-state index in [0.29, 0.717) is 51.5 Å². The summed E-state index contributed by atoms with van der Waals surface area (Å²) in [7, 11) is -2.03. The number of carbonyl (C=O) groups excluding carboxylic acids is 1. The van der Waals surface area contributed by atoms with Crippen molar-refractivity contribution in [2.75, 3.05) is 62.8 Å². The second-order valence-electron chi connectivity index (χ2n) is 9.30. The van der Waals surface area contributed by atoms with Gasteiger partial charge in [-0.2, -0.15) is 4.31 Å². The van der Waals surface area contributed by atoms with Crippen LogP contribution in [0.25, 0.3) is 0 Å². The Labute approximate surface area is 207 Å². The molecule has 0 radical (unpaired) electrons. The van der Waals surface area contributed by atoms with Gasteiger partial charge in [-0.1, -0.05) is 6.42 Å². The van der Waals surface area contributed by atoms with Crippen molar-refractivity contribution in [2.24, 2.45) is 0 Å². The molecule has 1 amide bonds. The van der Waals surface area contributed by atoms with E-state index >= 15 is 0 Å². The molecule has 0 saturated carbocycles. The number of nitrogens with zero attached hydrogens (tertiary/aromatic N) is 3. The summed E-state index contributed by atoms with van der Waals surface area (Å²) in [5.41, 5.74) is 3.11. The van der Waals surface area contributed by atoms with Crippen molar-refractivity contribution in [1.82, 2.24) is 4.31 Å². The Balaban J connectivity index is 1.55. The van der Waals surface area contributed by atoms with E-state index in [-0.39, 0.29) is 10.8 Å². The van der Waals surface area contributed by atoms with E-state index in [1.165, 1.54) is 0 Å². The average Bonchev–Trinajstić information content (AvgIpc) is 2.92. The lowest BCUT2D eigenvalue weighted by molar-refractivity contribution is 0.0983. The molecule has 2 fully saturated rings. The van der Waals surface area contributed by atoms with Gasteiger partial charge in [0.1, 0.15) is 5.75 Å². The van der Waals surface area contributed by atoms with E-state index in [4.69, 9.17) is 9.47 Å². The molecule has 2 aromatic rings. The molecule has 0 aromatic heterocycles. The lowest BCUT2D eigenvalue weighted by Gasteiger charge is -2.34. The minimum Gasteiger partial charge on any atom is -0.497 e. The van der Waals surface area contributed by atoms with Crippen molar-refractivity contribution in [3.05, 3.63) is 47.5 Å². The Morgan fingerprint density at radius 2 is 1.63 bits per heavy atom. The molecule has 5 rings (SSSR count). The maximum Gasteiger partial charge on any atom is 0.260 e. The van der Waals surface area contributed by atoms with Gasteiger partial charge in [0.15, 0.2) is 0 Å². The number of methoxy groups -OCH3 is 1. The highest BCUT2D eigenvalue weighted by Crippen LogP contribution is 2.34. The quantitative estimate of drug-likeness (QED) is 0.628. The summed E-state index contributed by atoms with van der Waals surface area (Å²) in [5.74, 6) is 0.593. The summed E-state index contributed by atoms with van der Waals surface area (Å²) in [4.78, 5) is 18.2. The van der Waals surface area contributed by atoms with Crippen molar-refractivity contribution in [3.8, 4) is 5.75 Å². The van der Waals surface area contributed by atoms with Crippen molar-refractivity contribution < 1.29 is 22.7 Å². The highest BCUT2D eigenvalue weighted by atomic mass is 32.2. The van der Waals surface area contributed by atoms with Crippen LogP contribution in [0.2, 0.25) is 0 Å². The number of ether oxygens (including phenoxy) is 2. The van der Waals surface area contributed by atoms with Gasteiger partial charge in [-0.3, -0.25) is 4.79 Å². The number of carbonyl (C=O) groups is 1. The predicted molar refractivity (Wildman–Crippen MR) is 135 cm³/mol. The van der Waals surface area contributed by atoms with Crippen LogP contribution in [0.4, 0.5) is 11.4 Å². The number of benzene rings is 2. The molecule has 3 heterocycles. The molecule has 0 spiro atoms. The van der Waals surface area contributed by atoms with Crippen LogP contribution in [-0.4, -0.2) is 71.7 Å². The lowest BCUT2D eigenvalue weighted by atomic mass is 10.00. The number of fused-ring (bicyclic) bond motifs is 1. The van der Waals surface area contributed by atoms with Gasteiger partial charge in [0.25, 0.3) is 5.91 Å². The van der Waals surface area contributed by atoms with Crippen LogP contribution in [0.1, 0.15) is 41.6 Å². The topological polar surface area (TPSA) is 79.4 Å². The monoisotopic (exact) mass is 499 g/mol. The Kier molecular flexibility index (Phi) is 7.00. The first-order chi connectivity index (χ1) is 17.0. The number of hydrogen-bond donors (Lipinski definition) is 0. The summed E-state index contributed by atoms with van der Waals surface area (Å²) < 4.78 is 39.3. The van der Waals surface area contributed by atoms with E-state index in [1.807, 2.05) is 18.2 Å². The Bertz CT molecular complexity index is 1190. The third-order valence-corrected chi connectivity index (χ3v) is 9.05. The maximum absolute atomic E-state index is 14.1. The first-order valence-electron chi connectivity index (χ1n) is 12.4. The smallest absolute Gasteiger partial charge is 0.260 e. The molecule has 0 atom stereocenters. The van der Waals surface area contributed by atoms with E-state index in [1.54, 1.807) is 34.5 Å². The molecule has 9 heteroatoms. The number of rotatable bonds is 5. The van der Waals surface area contributed by atoms with Crippen LogP contribution in [0.3, 0.4) is 0 Å². The molecule has 0 bridgehead atoms. The van der Waals surface area contributed by atoms with E-state index in [0.717, 1.165) is 54.8 Å². The largest absolute Gasteiger partial charge is 0.497 e. The highest BCUT2D eigenvalue weighted by molar-refractivity contribution is 7.89. The number of anilines is 2. The second-order valence-corrected chi connectivity index (χ2v) is 11.2. The van der Waals surface area contributed by atoms with Crippen molar-refractivity contribution in [2.45, 2.75) is 37.0 Å². The minimum atomic E-state index is -3.66. The van der Waals surface area contributed by atoms with Crippen molar-refractivity contribution in [3.63, 3.8) is 0 Å². The Morgan fingerprint density at radius 3 is 2.37 bits per heavy atom. The number of aryl methyl sites for hydroxylation is 1. The van der Waals surface area contributed by atoms with Crippen LogP contribution in [-0.2, 0) is 21.2 Å². The van der Waals surface area contributed by atoms with Gasteiger partial charge in [-0.05, 0) is 67.6 Å². The standard InChI is InChI=1S/C26H33N3O5S/c1-33-21-7-9-24-20(18-21)6-5-13-29(24)26(30)23-19-22(35(31,32)28-11-3-2-4-12-28)8-10-25(23)27-14-16-34-17-15-27/h7-10,18-19H,2-6,11-17H2,1H3. The summed E-state index contributed by atoms with van der Waals surface area (Å²) in [6.45, 7) is 4.11. The molecular weight excluding hydrogens is 466 g/mol. The van der Waals surface area contributed by atoms with Crippen LogP contribution < -0.4 is 14.5 Å². The van der Waals surface area contributed by atoms with Crippen molar-refractivity contribution >= 4 is 27.3 Å². The zero-order chi connectivity index (χ0) is 24.4. The van der Waals surface area contributed by atoms with Crippen LogP contribution in [0, 0.1) is 0 Å². The molecule has 2 saturated heterocycles. The second kappa shape index (κ2) is 10.2.